The van der Waals surface area contributed by atoms with Gasteiger partial charge in [0.1, 0.15) is 5.84 Å². The number of benzene rings is 2. The number of aliphatic imine (C=N–C) groups is 2. The summed E-state index contributed by atoms with van der Waals surface area (Å²) in [5.74, 6) is 0.636. The number of aliphatic hydroxyl groups excluding tert-OH is 1. The Morgan fingerprint density at radius 3 is 2.79 bits per heavy atom. The third kappa shape index (κ3) is 3.77. The Balaban J connectivity index is 2.04. The minimum atomic E-state index is -0.0949. The van der Waals surface area contributed by atoms with Gasteiger partial charge in [0.2, 0.25) is 0 Å². The van der Waals surface area contributed by atoms with Crippen LogP contribution in [-0.2, 0) is 0 Å². The lowest BCUT2D eigenvalue weighted by Crippen LogP contribution is -2.22. The quantitative estimate of drug-likeness (QED) is 0.629. The summed E-state index contributed by atoms with van der Waals surface area (Å²) < 4.78 is 0.977. The molecule has 1 aliphatic heterocycles. The molecule has 0 bridgehead atoms. The van der Waals surface area contributed by atoms with Crippen molar-refractivity contribution < 1.29 is 5.11 Å². The maximum atomic E-state index is 9.06. The maximum absolute atomic E-state index is 9.06. The largest absolute Gasteiger partial charge is 0.390 e. The van der Waals surface area contributed by atoms with Crippen molar-refractivity contribution >= 4 is 38.9 Å². The molecule has 5 nitrogen and oxygen atoms in total. The molecule has 0 spiro atoms. The van der Waals surface area contributed by atoms with E-state index in [1.807, 2.05) is 48.5 Å². The Morgan fingerprint density at radius 2 is 2.04 bits per heavy atom. The molecule has 24 heavy (non-hydrogen) atoms. The molecule has 0 amide bonds. The zero-order valence-electron chi connectivity index (χ0n) is 13.2. The van der Waals surface area contributed by atoms with Crippen LogP contribution in [0.25, 0.3) is 0 Å². The zero-order valence-corrected chi connectivity index (χ0v) is 14.8. The molecule has 1 aliphatic rings. The highest BCUT2D eigenvalue weighted by Gasteiger charge is 2.16. The van der Waals surface area contributed by atoms with E-state index in [0.29, 0.717) is 18.1 Å². The van der Waals surface area contributed by atoms with Crippen LogP contribution in [0.1, 0.15) is 18.1 Å². The van der Waals surface area contributed by atoms with Gasteiger partial charge in [-0.25, -0.2) is 4.99 Å². The zero-order chi connectivity index (χ0) is 16.9. The molecular formula is C18H17BrN4O. The van der Waals surface area contributed by atoms with Crippen molar-refractivity contribution in [2.75, 3.05) is 13.2 Å². The summed E-state index contributed by atoms with van der Waals surface area (Å²) in [6, 6.07) is 16.0. The van der Waals surface area contributed by atoms with Crippen LogP contribution in [0.4, 0.5) is 5.69 Å². The number of rotatable bonds is 3. The fraction of sp³-hybridized carbons (Fsp3) is 0.167. The lowest BCUT2D eigenvalue weighted by Gasteiger charge is -2.08. The second-order valence-electron chi connectivity index (χ2n) is 5.37. The summed E-state index contributed by atoms with van der Waals surface area (Å²) in [5, 5.41) is 13.2. The average molecular weight is 385 g/mol. The molecule has 122 valence electrons. The van der Waals surface area contributed by atoms with Crippen LogP contribution in [0.2, 0.25) is 0 Å². The number of hydrogen-bond acceptors (Lipinski definition) is 5. The third-order valence-corrected chi connectivity index (χ3v) is 4.00. The van der Waals surface area contributed by atoms with Crippen molar-refractivity contribution in [1.82, 2.24) is 5.43 Å². The molecule has 3 rings (SSSR count). The molecule has 6 heteroatoms. The van der Waals surface area contributed by atoms with Gasteiger partial charge in [-0.15, -0.1) is 0 Å². The maximum Gasteiger partial charge on any atom is 0.144 e. The lowest BCUT2D eigenvalue weighted by atomic mass is 10.0. The molecular weight excluding hydrogens is 368 g/mol. The van der Waals surface area contributed by atoms with Crippen LogP contribution < -0.4 is 5.43 Å². The summed E-state index contributed by atoms with van der Waals surface area (Å²) in [7, 11) is 0. The van der Waals surface area contributed by atoms with Crippen LogP contribution >= 0.6 is 15.9 Å². The second kappa shape index (κ2) is 7.51. The minimum absolute atomic E-state index is 0.0949. The first kappa shape index (κ1) is 16.5. The van der Waals surface area contributed by atoms with Crippen molar-refractivity contribution in [1.29, 1.82) is 0 Å². The molecule has 2 aromatic carbocycles. The van der Waals surface area contributed by atoms with E-state index in [1.54, 1.807) is 6.92 Å². The van der Waals surface area contributed by atoms with Gasteiger partial charge in [0.05, 0.1) is 30.3 Å². The highest BCUT2D eigenvalue weighted by atomic mass is 79.9. The Kier molecular flexibility index (Phi) is 5.17. The van der Waals surface area contributed by atoms with E-state index in [1.165, 1.54) is 0 Å². The first-order chi connectivity index (χ1) is 11.7. The van der Waals surface area contributed by atoms with E-state index >= 15 is 0 Å². The normalized spacial score (nSPS) is 14.4. The van der Waals surface area contributed by atoms with Crippen LogP contribution in [0.3, 0.4) is 0 Å². The number of nitrogens with zero attached hydrogens (tertiary/aromatic N) is 3. The molecule has 2 N–H and O–H groups in total. The Morgan fingerprint density at radius 1 is 1.25 bits per heavy atom. The van der Waals surface area contributed by atoms with E-state index in [0.717, 1.165) is 27.0 Å². The molecule has 0 unspecified atom stereocenters. The van der Waals surface area contributed by atoms with Gasteiger partial charge in [0, 0.05) is 15.6 Å². The Labute approximate surface area is 149 Å². The summed E-state index contributed by atoms with van der Waals surface area (Å²) in [5.41, 5.74) is 7.23. The lowest BCUT2D eigenvalue weighted by molar-refractivity contribution is 0.356. The number of aliphatic hydroxyl groups is 1. The number of halogens is 1. The van der Waals surface area contributed by atoms with Gasteiger partial charge in [0.15, 0.2) is 0 Å². The summed E-state index contributed by atoms with van der Waals surface area (Å²) in [6.07, 6.45) is 0. The molecule has 0 radical (unpaired) electrons. The number of amidine groups is 1. The van der Waals surface area contributed by atoms with Gasteiger partial charge >= 0.3 is 0 Å². The first-order valence-electron chi connectivity index (χ1n) is 7.55. The number of hydrogen-bond donors (Lipinski definition) is 2. The highest BCUT2D eigenvalue weighted by molar-refractivity contribution is 9.10. The minimum Gasteiger partial charge on any atom is -0.390 e. The smallest absolute Gasteiger partial charge is 0.144 e. The van der Waals surface area contributed by atoms with Crippen molar-refractivity contribution in [3.8, 4) is 0 Å². The van der Waals surface area contributed by atoms with Gasteiger partial charge in [-0.1, -0.05) is 46.3 Å². The first-order valence-corrected chi connectivity index (χ1v) is 8.34. The van der Waals surface area contributed by atoms with Gasteiger partial charge in [-0.05, 0) is 25.1 Å². The van der Waals surface area contributed by atoms with E-state index in [2.05, 4.69) is 31.4 Å². The van der Waals surface area contributed by atoms with Crippen LogP contribution in [0, 0.1) is 0 Å². The fourth-order valence-corrected chi connectivity index (χ4v) is 2.67. The van der Waals surface area contributed by atoms with Crippen molar-refractivity contribution in [2.45, 2.75) is 6.92 Å². The Hall–Kier alpha value is -2.31. The molecule has 2 aromatic rings. The summed E-state index contributed by atoms with van der Waals surface area (Å²) in [4.78, 5) is 9.38. The second-order valence-corrected chi connectivity index (χ2v) is 6.28. The predicted octanol–water partition coefficient (Wildman–Crippen LogP) is 3.29. The van der Waals surface area contributed by atoms with Crippen molar-refractivity contribution in [3.05, 3.63) is 64.1 Å². The van der Waals surface area contributed by atoms with Crippen molar-refractivity contribution in [3.63, 3.8) is 0 Å². The fourth-order valence-electron chi connectivity index (χ4n) is 2.31. The van der Waals surface area contributed by atoms with Gasteiger partial charge in [-0.2, -0.15) is 5.10 Å². The van der Waals surface area contributed by atoms with Crippen LogP contribution in [-0.4, -0.2) is 35.5 Å². The van der Waals surface area contributed by atoms with Gasteiger partial charge in [-0.3, -0.25) is 10.4 Å². The van der Waals surface area contributed by atoms with Gasteiger partial charge < -0.3 is 5.11 Å². The van der Waals surface area contributed by atoms with E-state index in [9.17, 15) is 0 Å². The molecule has 0 atom stereocenters. The standard InChI is InChI=1S/C18H17BrN4O/c1-12(11-24)22-23-17-10-20-18(13-5-3-2-4-6-13)15-9-14(19)7-8-16(15)21-17/h2-9,24H,10-11H2,1H3,(H,21,23)/b22-12+. The summed E-state index contributed by atoms with van der Waals surface area (Å²) in [6.45, 7) is 2.04. The monoisotopic (exact) mass is 384 g/mol. The van der Waals surface area contributed by atoms with E-state index < -0.39 is 0 Å². The SMILES string of the molecule is C/C(CO)=N\NC1=Nc2ccc(Br)cc2C(c2ccccc2)=NC1. The average Bonchev–Trinajstić information content (AvgIpc) is 2.79. The predicted molar refractivity (Wildman–Crippen MR) is 102 cm³/mol. The molecule has 0 aromatic heterocycles. The Bertz CT molecular complexity index is 828. The van der Waals surface area contributed by atoms with Crippen LogP contribution in [0.5, 0.6) is 0 Å². The number of fused-ring (bicyclic) bond motifs is 1. The number of hydrazone groups is 1. The molecule has 1 heterocycles. The molecule has 0 aliphatic carbocycles. The topological polar surface area (TPSA) is 69.3 Å². The highest BCUT2D eigenvalue weighted by Crippen LogP contribution is 2.28. The third-order valence-electron chi connectivity index (χ3n) is 3.51. The molecule has 0 saturated heterocycles. The van der Waals surface area contributed by atoms with Gasteiger partial charge in [0.25, 0.3) is 0 Å². The van der Waals surface area contributed by atoms with Crippen molar-refractivity contribution in [2.24, 2.45) is 15.1 Å². The van der Waals surface area contributed by atoms with E-state index in [4.69, 9.17) is 10.1 Å². The number of nitrogens with one attached hydrogen (secondary N) is 1. The summed E-state index contributed by atoms with van der Waals surface area (Å²) >= 11 is 3.52. The molecule has 0 fully saturated rings. The van der Waals surface area contributed by atoms with E-state index in [-0.39, 0.29) is 6.61 Å². The molecule has 0 saturated carbocycles. The van der Waals surface area contributed by atoms with Crippen LogP contribution in [0.15, 0.2) is 68.1 Å².